The second kappa shape index (κ2) is 6.50. The molecule has 0 spiro atoms. The lowest BCUT2D eigenvalue weighted by atomic mass is 10.1. The first-order valence-corrected chi connectivity index (χ1v) is 7.66. The zero-order valence-corrected chi connectivity index (χ0v) is 14.8. The van der Waals surface area contributed by atoms with Gasteiger partial charge in [-0.2, -0.15) is 0 Å². The maximum absolute atomic E-state index is 12.2. The van der Waals surface area contributed by atoms with Crippen molar-refractivity contribution in [2.45, 2.75) is 26.3 Å². The fourth-order valence-electron chi connectivity index (χ4n) is 2.31. The first-order valence-electron chi connectivity index (χ1n) is 7.66. The van der Waals surface area contributed by atoms with Gasteiger partial charge in [0.15, 0.2) is 0 Å². The third kappa shape index (κ3) is 3.93. The molecule has 0 radical (unpaired) electrons. The lowest BCUT2D eigenvalue weighted by Gasteiger charge is -2.20. The Kier molecular flexibility index (Phi) is 4.78. The Morgan fingerprint density at radius 2 is 1.80 bits per heavy atom. The molecule has 0 saturated carbocycles. The van der Waals surface area contributed by atoms with E-state index in [4.69, 9.17) is 0 Å². The Morgan fingerprint density at radius 1 is 1.16 bits per heavy atom. The van der Waals surface area contributed by atoms with Crippen molar-refractivity contribution >= 4 is 22.8 Å². The Balaban J connectivity index is 2.27. The van der Waals surface area contributed by atoms with E-state index in [1.807, 2.05) is 20.8 Å². The molecule has 2 aromatic rings. The molecule has 2 aromatic heterocycles. The largest absolute Gasteiger partial charge is 0.350 e. The van der Waals surface area contributed by atoms with Crippen LogP contribution in [0.3, 0.4) is 0 Å². The average molecular weight is 347 g/mol. The Labute approximate surface area is 143 Å². The van der Waals surface area contributed by atoms with Crippen LogP contribution in [0.1, 0.15) is 31.1 Å². The molecule has 0 saturated heterocycles. The number of fused-ring (bicyclic) bond motifs is 1. The highest BCUT2D eigenvalue weighted by Gasteiger charge is 2.16. The zero-order valence-electron chi connectivity index (χ0n) is 14.8. The molecule has 0 aliphatic heterocycles. The quantitative estimate of drug-likeness (QED) is 0.760. The molecular formula is C16H21N5O4. The number of rotatable bonds is 3. The minimum atomic E-state index is -0.536. The summed E-state index contributed by atoms with van der Waals surface area (Å²) in [7, 11) is 2.85. The van der Waals surface area contributed by atoms with Crippen LogP contribution in [0.15, 0.2) is 21.9 Å². The van der Waals surface area contributed by atoms with Gasteiger partial charge in [-0.25, -0.2) is 9.78 Å². The van der Waals surface area contributed by atoms with Gasteiger partial charge in [0.05, 0.1) is 17.5 Å². The highest BCUT2D eigenvalue weighted by Crippen LogP contribution is 2.07. The zero-order chi connectivity index (χ0) is 18.9. The molecule has 0 bridgehead atoms. The minimum absolute atomic E-state index is 0.131. The maximum atomic E-state index is 12.2. The van der Waals surface area contributed by atoms with E-state index in [9.17, 15) is 19.2 Å². The summed E-state index contributed by atoms with van der Waals surface area (Å²) in [4.78, 5) is 52.1. The summed E-state index contributed by atoms with van der Waals surface area (Å²) >= 11 is 0. The summed E-state index contributed by atoms with van der Waals surface area (Å²) < 4.78 is 2.18. The van der Waals surface area contributed by atoms with Crippen LogP contribution in [-0.2, 0) is 18.9 Å². The number of aromatic nitrogens is 3. The maximum Gasteiger partial charge on any atom is 0.332 e. The number of carbonyl (C=O) groups excluding carboxylic acids is 2. The van der Waals surface area contributed by atoms with E-state index in [0.717, 1.165) is 4.57 Å². The number of hydrogen-bond donors (Lipinski definition) is 2. The van der Waals surface area contributed by atoms with E-state index in [0.29, 0.717) is 0 Å². The van der Waals surface area contributed by atoms with E-state index in [-0.39, 0.29) is 29.0 Å². The van der Waals surface area contributed by atoms with Crippen molar-refractivity contribution in [2.75, 3.05) is 6.54 Å². The summed E-state index contributed by atoms with van der Waals surface area (Å²) in [5.74, 6) is -0.859. The molecule has 0 aliphatic carbocycles. The molecule has 2 N–H and O–H groups in total. The van der Waals surface area contributed by atoms with Crippen LogP contribution >= 0.6 is 0 Å². The third-order valence-electron chi connectivity index (χ3n) is 3.48. The smallest absolute Gasteiger partial charge is 0.332 e. The van der Waals surface area contributed by atoms with Gasteiger partial charge in [-0.15, -0.1) is 0 Å². The van der Waals surface area contributed by atoms with Crippen molar-refractivity contribution in [3.63, 3.8) is 0 Å². The first kappa shape index (κ1) is 18.4. The third-order valence-corrected chi connectivity index (χ3v) is 3.48. The van der Waals surface area contributed by atoms with E-state index in [1.165, 1.54) is 30.9 Å². The van der Waals surface area contributed by atoms with Crippen LogP contribution in [0.5, 0.6) is 0 Å². The van der Waals surface area contributed by atoms with Crippen molar-refractivity contribution in [1.29, 1.82) is 0 Å². The summed E-state index contributed by atoms with van der Waals surface area (Å²) in [5.41, 5.74) is -1.11. The van der Waals surface area contributed by atoms with Gasteiger partial charge in [0, 0.05) is 25.8 Å². The highest BCUT2D eigenvalue weighted by molar-refractivity contribution is 5.98. The fourth-order valence-corrected chi connectivity index (χ4v) is 2.31. The summed E-state index contributed by atoms with van der Waals surface area (Å²) in [6.45, 7) is 5.31. The molecule has 2 heterocycles. The molecule has 25 heavy (non-hydrogen) atoms. The van der Waals surface area contributed by atoms with Gasteiger partial charge in [0.2, 0.25) is 5.91 Å². The van der Waals surface area contributed by atoms with Crippen LogP contribution in [-0.4, -0.2) is 38.0 Å². The van der Waals surface area contributed by atoms with Crippen molar-refractivity contribution in [1.82, 2.24) is 24.8 Å². The lowest BCUT2D eigenvalue weighted by molar-refractivity contribution is -0.121. The number of pyridine rings is 1. The predicted molar refractivity (Wildman–Crippen MR) is 92.5 cm³/mol. The van der Waals surface area contributed by atoms with Crippen LogP contribution < -0.4 is 21.9 Å². The summed E-state index contributed by atoms with van der Waals surface area (Å²) in [6.07, 6.45) is 1.26. The van der Waals surface area contributed by atoms with Gasteiger partial charge in [-0.05, 0) is 26.8 Å². The van der Waals surface area contributed by atoms with Crippen LogP contribution in [0, 0.1) is 0 Å². The Hall–Kier alpha value is -2.97. The number of amides is 2. The second-order valence-electron chi connectivity index (χ2n) is 6.78. The molecule has 0 unspecified atom stereocenters. The molecular weight excluding hydrogens is 326 g/mol. The molecule has 2 rings (SSSR count). The highest BCUT2D eigenvalue weighted by atomic mass is 16.2. The predicted octanol–water partition coefficient (Wildman–Crippen LogP) is -0.723. The number of aryl methyl sites for hydroxylation is 1. The molecule has 0 atom stereocenters. The lowest BCUT2D eigenvalue weighted by Crippen LogP contribution is -2.45. The van der Waals surface area contributed by atoms with E-state index < -0.39 is 22.7 Å². The van der Waals surface area contributed by atoms with Crippen molar-refractivity contribution in [3.8, 4) is 0 Å². The fraction of sp³-hybridized carbons (Fsp3) is 0.438. The minimum Gasteiger partial charge on any atom is -0.350 e. The van der Waals surface area contributed by atoms with Gasteiger partial charge in [-0.3, -0.25) is 23.5 Å². The van der Waals surface area contributed by atoms with Crippen molar-refractivity contribution < 1.29 is 9.59 Å². The average Bonchev–Trinajstić information content (AvgIpc) is 2.53. The van der Waals surface area contributed by atoms with E-state index in [1.54, 1.807) is 0 Å². The standard InChI is InChI=1S/C16H21N5O4/c1-16(2,3)19-11(22)8-18-13(23)9-6-10-12(17-7-9)20(4)15(25)21(5)14(10)24/h6-7H,8H2,1-5H3,(H,18,23)(H,19,22). The van der Waals surface area contributed by atoms with Crippen LogP contribution in [0.2, 0.25) is 0 Å². The Bertz CT molecular complexity index is 965. The van der Waals surface area contributed by atoms with Gasteiger partial charge < -0.3 is 10.6 Å². The second-order valence-corrected chi connectivity index (χ2v) is 6.78. The molecule has 0 aromatic carbocycles. The normalized spacial score (nSPS) is 11.4. The molecule has 9 heteroatoms. The molecule has 9 nitrogen and oxygen atoms in total. The molecule has 2 amide bonds. The van der Waals surface area contributed by atoms with Gasteiger partial charge >= 0.3 is 5.69 Å². The van der Waals surface area contributed by atoms with Crippen molar-refractivity contribution in [3.05, 3.63) is 38.7 Å². The topological polar surface area (TPSA) is 115 Å². The Morgan fingerprint density at radius 3 is 2.40 bits per heavy atom. The molecule has 0 fully saturated rings. The van der Waals surface area contributed by atoms with Crippen LogP contribution in [0.4, 0.5) is 0 Å². The van der Waals surface area contributed by atoms with Gasteiger partial charge in [0.1, 0.15) is 5.65 Å². The molecule has 0 aliphatic rings. The summed E-state index contributed by atoms with van der Waals surface area (Å²) in [5, 5.41) is 5.35. The number of nitrogens with one attached hydrogen (secondary N) is 2. The van der Waals surface area contributed by atoms with Gasteiger partial charge in [-0.1, -0.05) is 0 Å². The van der Waals surface area contributed by atoms with Gasteiger partial charge in [0.25, 0.3) is 11.5 Å². The van der Waals surface area contributed by atoms with E-state index >= 15 is 0 Å². The summed E-state index contributed by atoms with van der Waals surface area (Å²) in [6, 6.07) is 1.36. The van der Waals surface area contributed by atoms with Crippen molar-refractivity contribution in [2.24, 2.45) is 14.1 Å². The van der Waals surface area contributed by atoms with Crippen LogP contribution in [0.25, 0.3) is 11.0 Å². The number of nitrogens with zero attached hydrogens (tertiary/aromatic N) is 3. The van der Waals surface area contributed by atoms with E-state index in [2.05, 4.69) is 15.6 Å². The monoisotopic (exact) mass is 347 g/mol. The molecule has 134 valence electrons. The SMILES string of the molecule is Cn1c(=O)c2cc(C(=O)NCC(=O)NC(C)(C)C)cnc2n(C)c1=O. The number of carbonyl (C=O) groups is 2. The first-order chi connectivity index (χ1) is 11.5. The number of hydrogen-bond acceptors (Lipinski definition) is 5.